The van der Waals surface area contributed by atoms with Crippen molar-refractivity contribution < 1.29 is 37.0 Å². The summed E-state index contributed by atoms with van der Waals surface area (Å²) in [6, 6.07) is 5.59. The van der Waals surface area contributed by atoms with Crippen molar-refractivity contribution >= 4 is 22.0 Å². The first-order chi connectivity index (χ1) is 15.6. The van der Waals surface area contributed by atoms with Crippen LogP contribution in [-0.2, 0) is 38.6 Å². The van der Waals surface area contributed by atoms with Gasteiger partial charge in [0, 0.05) is 26.9 Å². The van der Waals surface area contributed by atoms with Gasteiger partial charge in [-0.15, -0.1) is 0 Å². The highest BCUT2D eigenvalue weighted by Crippen LogP contribution is 2.26. The summed E-state index contributed by atoms with van der Waals surface area (Å²) in [5, 5.41) is 0. The third-order valence-corrected chi connectivity index (χ3v) is 6.73. The number of carbonyl (C=O) groups is 2. The van der Waals surface area contributed by atoms with Gasteiger partial charge in [0.25, 0.3) is 0 Å². The third kappa shape index (κ3) is 9.04. The van der Waals surface area contributed by atoms with Crippen LogP contribution in [0.3, 0.4) is 0 Å². The summed E-state index contributed by atoms with van der Waals surface area (Å²) in [5.74, 6) is -1.13. The predicted octanol–water partition coefficient (Wildman–Crippen LogP) is 2.85. The molecule has 0 spiro atoms. The molecule has 0 saturated carbocycles. The van der Waals surface area contributed by atoms with Gasteiger partial charge in [-0.3, -0.25) is 9.59 Å². The number of carbonyl (C=O) groups excluding carboxylic acids is 2. The van der Waals surface area contributed by atoms with Crippen molar-refractivity contribution in [2.75, 3.05) is 13.2 Å². The second kappa shape index (κ2) is 13.0. The van der Waals surface area contributed by atoms with E-state index in [1.165, 1.54) is 26.0 Å². The molecular formula is C23H35NO8S. The molecule has 0 radical (unpaired) electrons. The van der Waals surface area contributed by atoms with Gasteiger partial charge in [0.05, 0.1) is 10.9 Å². The van der Waals surface area contributed by atoms with Crippen LogP contribution in [0.2, 0.25) is 0 Å². The minimum absolute atomic E-state index is 0.0923. The fraction of sp³-hybridized carbons (Fsp3) is 0.652. The predicted molar refractivity (Wildman–Crippen MR) is 121 cm³/mol. The Labute approximate surface area is 196 Å². The number of rotatable bonds is 12. The van der Waals surface area contributed by atoms with E-state index in [-0.39, 0.29) is 17.9 Å². The van der Waals surface area contributed by atoms with Crippen molar-refractivity contribution in [3.05, 3.63) is 29.8 Å². The largest absolute Gasteiger partial charge is 0.463 e. The molecule has 0 unspecified atom stereocenters. The smallest absolute Gasteiger partial charge is 0.303 e. The van der Waals surface area contributed by atoms with Gasteiger partial charge in [-0.2, -0.15) is 0 Å². The number of sulfonamides is 1. The van der Waals surface area contributed by atoms with E-state index in [1.54, 1.807) is 12.1 Å². The molecule has 1 aromatic rings. The molecule has 1 N–H and O–H groups in total. The summed E-state index contributed by atoms with van der Waals surface area (Å²) in [7, 11) is -3.92. The van der Waals surface area contributed by atoms with Crippen molar-refractivity contribution in [1.82, 2.24) is 4.72 Å². The van der Waals surface area contributed by atoms with E-state index >= 15 is 0 Å². The van der Waals surface area contributed by atoms with Crippen LogP contribution in [0.5, 0.6) is 0 Å². The van der Waals surface area contributed by atoms with Crippen molar-refractivity contribution in [2.45, 2.75) is 89.2 Å². The van der Waals surface area contributed by atoms with Gasteiger partial charge in [-0.25, -0.2) is 13.1 Å². The molecule has 0 bridgehead atoms. The minimum atomic E-state index is -3.92. The monoisotopic (exact) mass is 485 g/mol. The highest BCUT2D eigenvalue weighted by atomic mass is 32.2. The van der Waals surface area contributed by atoms with Crippen molar-refractivity contribution in [1.29, 1.82) is 0 Å². The van der Waals surface area contributed by atoms with Gasteiger partial charge < -0.3 is 18.9 Å². The highest BCUT2D eigenvalue weighted by Gasteiger charge is 2.44. The van der Waals surface area contributed by atoms with Gasteiger partial charge in [0.1, 0.15) is 18.8 Å². The van der Waals surface area contributed by atoms with Crippen LogP contribution in [0, 0.1) is 6.92 Å². The van der Waals surface area contributed by atoms with Crippen molar-refractivity contribution in [3.63, 3.8) is 0 Å². The lowest BCUT2D eigenvalue weighted by Crippen LogP contribution is -2.58. The van der Waals surface area contributed by atoms with Crippen LogP contribution in [0.1, 0.15) is 58.4 Å². The number of ether oxygens (including phenoxy) is 4. The molecule has 0 aliphatic carbocycles. The number of benzene rings is 1. The van der Waals surface area contributed by atoms with Crippen LogP contribution in [0.4, 0.5) is 0 Å². The molecular weight excluding hydrogens is 450 g/mol. The maximum absolute atomic E-state index is 13.0. The Kier molecular flexibility index (Phi) is 10.7. The maximum atomic E-state index is 13.0. The van der Waals surface area contributed by atoms with Crippen LogP contribution in [0.25, 0.3) is 0 Å². The topological polar surface area (TPSA) is 117 Å². The number of nitrogens with one attached hydrogen (secondary N) is 1. The lowest BCUT2D eigenvalue weighted by Gasteiger charge is -2.40. The highest BCUT2D eigenvalue weighted by molar-refractivity contribution is 7.89. The van der Waals surface area contributed by atoms with Crippen molar-refractivity contribution in [3.8, 4) is 0 Å². The average Bonchev–Trinajstić information content (AvgIpc) is 2.73. The fourth-order valence-corrected chi connectivity index (χ4v) is 4.82. The number of unbranched alkanes of at least 4 members (excludes halogenated alkanes) is 3. The number of aryl methyl sites for hydroxylation is 1. The Balaban J connectivity index is 2.22. The Bertz CT molecular complexity index is 871. The van der Waals surface area contributed by atoms with E-state index in [9.17, 15) is 18.0 Å². The third-order valence-electron chi connectivity index (χ3n) is 5.23. The molecule has 1 saturated heterocycles. The summed E-state index contributed by atoms with van der Waals surface area (Å²) >= 11 is 0. The van der Waals surface area contributed by atoms with Crippen LogP contribution < -0.4 is 4.72 Å². The molecule has 0 amide bonds. The van der Waals surface area contributed by atoms with E-state index in [1.807, 2.05) is 6.92 Å². The number of hydrogen-bond acceptors (Lipinski definition) is 8. The molecule has 9 nitrogen and oxygen atoms in total. The van der Waals surface area contributed by atoms with E-state index in [0.717, 1.165) is 31.2 Å². The normalized spacial score (nSPS) is 23.2. The quantitative estimate of drug-likeness (QED) is 0.355. The molecule has 0 aromatic heterocycles. The van der Waals surface area contributed by atoms with Gasteiger partial charge in [0.2, 0.25) is 10.0 Å². The molecule has 1 aliphatic rings. The average molecular weight is 486 g/mol. The standard InChI is InChI=1S/C23H35NO8S/c1-5-6-7-8-13-29-22-14-20(24-33(27,28)19-11-9-16(2)10-12-19)23(31-18(4)26)21(32-22)15-30-17(3)25/h9-12,20-24H,5-8,13-15H2,1-4H3/t20-,21+,22-,23-/m0/s1. The van der Waals surface area contributed by atoms with Gasteiger partial charge >= 0.3 is 11.9 Å². The summed E-state index contributed by atoms with van der Waals surface area (Å²) in [4.78, 5) is 23.2. The molecule has 1 fully saturated rings. The lowest BCUT2D eigenvalue weighted by molar-refractivity contribution is -0.243. The molecule has 1 heterocycles. The van der Waals surface area contributed by atoms with Gasteiger partial charge in [-0.1, -0.05) is 43.9 Å². The first-order valence-electron chi connectivity index (χ1n) is 11.3. The van der Waals surface area contributed by atoms with Crippen LogP contribution >= 0.6 is 0 Å². The minimum Gasteiger partial charge on any atom is -0.463 e. The molecule has 4 atom stereocenters. The zero-order chi connectivity index (χ0) is 24.4. The Morgan fingerprint density at radius 3 is 2.39 bits per heavy atom. The van der Waals surface area contributed by atoms with E-state index in [4.69, 9.17) is 18.9 Å². The second-order valence-electron chi connectivity index (χ2n) is 8.19. The zero-order valence-corrected chi connectivity index (χ0v) is 20.6. The lowest BCUT2D eigenvalue weighted by atomic mass is 9.99. The van der Waals surface area contributed by atoms with Gasteiger partial charge in [-0.05, 0) is 25.5 Å². The summed E-state index contributed by atoms with van der Waals surface area (Å²) < 4.78 is 51.0. The Morgan fingerprint density at radius 1 is 1.09 bits per heavy atom. The fourth-order valence-electron chi connectivity index (χ4n) is 3.56. The van der Waals surface area contributed by atoms with E-state index < -0.39 is 46.5 Å². The second-order valence-corrected chi connectivity index (χ2v) is 9.90. The molecule has 2 rings (SSSR count). The van der Waals surface area contributed by atoms with Gasteiger partial charge in [0.15, 0.2) is 6.29 Å². The summed E-state index contributed by atoms with van der Waals surface area (Å²) in [5.41, 5.74) is 0.927. The molecule has 1 aliphatic heterocycles. The van der Waals surface area contributed by atoms with Crippen molar-refractivity contribution in [2.24, 2.45) is 0 Å². The molecule has 1 aromatic carbocycles. The SMILES string of the molecule is CCCCCCO[C@@H]1C[C@H](NS(=O)(=O)c2ccc(C)cc2)[C@H](OC(C)=O)[C@@H](COC(C)=O)O1. The Morgan fingerprint density at radius 2 is 1.79 bits per heavy atom. The molecule has 186 valence electrons. The Hall–Kier alpha value is -2.01. The number of esters is 2. The van der Waals surface area contributed by atoms with Crippen LogP contribution in [0.15, 0.2) is 29.2 Å². The van der Waals surface area contributed by atoms with Crippen LogP contribution in [-0.4, -0.2) is 58.1 Å². The first kappa shape index (κ1) is 27.2. The first-order valence-corrected chi connectivity index (χ1v) is 12.8. The summed E-state index contributed by atoms with van der Waals surface area (Å²) in [6.07, 6.45) is 1.54. The molecule has 10 heteroatoms. The number of hydrogen-bond donors (Lipinski definition) is 1. The van der Waals surface area contributed by atoms with E-state index in [0.29, 0.717) is 6.61 Å². The summed E-state index contributed by atoms with van der Waals surface area (Å²) in [6.45, 7) is 6.70. The van der Waals surface area contributed by atoms with E-state index in [2.05, 4.69) is 11.6 Å². The molecule has 33 heavy (non-hydrogen) atoms. The zero-order valence-electron chi connectivity index (χ0n) is 19.7. The maximum Gasteiger partial charge on any atom is 0.303 e.